The van der Waals surface area contributed by atoms with Crippen LogP contribution >= 0.6 is 0 Å². The van der Waals surface area contributed by atoms with E-state index < -0.39 is 5.97 Å². The molecule has 0 fully saturated rings. The van der Waals surface area contributed by atoms with E-state index in [9.17, 15) is 9.90 Å². The lowest BCUT2D eigenvalue weighted by atomic mass is 9.89. The van der Waals surface area contributed by atoms with Crippen molar-refractivity contribution in [2.24, 2.45) is 11.8 Å². The number of aliphatic hydroxyl groups is 1. The number of unbranched alkanes of at least 4 members (excludes halogenated alkanes) is 4. The van der Waals surface area contributed by atoms with Gasteiger partial charge in [0.15, 0.2) is 0 Å². The Labute approximate surface area is 161 Å². The van der Waals surface area contributed by atoms with Crippen LogP contribution in [0.25, 0.3) is 0 Å². The van der Waals surface area contributed by atoms with E-state index in [1.807, 2.05) is 18.2 Å². The SMILES string of the molecule is CCCCC[C@H](O)/C=C/C=C/CCCC[C@@H](CCC(=O)O)CCC(C)C. The molecule has 0 aromatic heterocycles. The zero-order chi connectivity index (χ0) is 19.6. The first-order valence-electron chi connectivity index (χ1n) is 10.7. The third-order valence-corrected chi connectivity index (χ3v) is 4.84. The molecule has 0 amide bonds. The van der Waals surface area contributed by atoms with Gasteiger partial charge in [0.05, 0.1) is 6.10 Å². The summed E-state index contributed by atoms with van der Waals surface area (Å²) in [5, 5.41) is 18.7. The van der Waals surface area contributed by atoms with Crippen molar-refractivity contribution in [1.29, 1.82) is 0 Å². The van der Waals surface area contributed by atoms with Gasteiger partial charge in [0.25, 0.3) is 0 Å². The first-order chi connectivity index (χ1) is 12.5. The van der Waals surface area contributed by atoms with Crippen molar-refractivity contribution >= 4 is 5.97 Å². The predicted molar refractivity (Wildman–Crippen MR) is 111 cm³/mol. The molecular formula is C23H42O3. The summed E-state index contributed by atoms with van der Waals surface area (Å²) in [7, 11) is 0. The van der Waals surface area contributed by atoms with Crippen LogP contribution in [0.3, 0.4) is 0 Å². The van der Waals surface area contributed by atoms with E-state index in [2.05, 4.69) is 26.8 Å². The molecule has 3 heteroatoms. The van der Waals surface area contributed by atoms with Crippen molar-refractivity contribution in [1.82, 2.24) is 0 Å². The lowest BCUT2D eigenvalue weighted by Crippen LogP contribution is -2.06. The Balaban J connectivity index is 3.88. The van der Waals surface area contributed by atoms with E-state index in [1.165, 1.54) is 19.3 Å². The van der Waals surface area contributed by atoms with Gasteiger partial charge in [-0.15, -0.1) is 0 Å². The number of aliphatic carboxylic acids is 1. The van der Waals surface area contributed by atoms with E-state index in [-0.39, 0.29) is 6.10 Å². The minimum Gasteiger partial charge on any atom is -0.481 e. The number of carboxylic acids is 1. The molecule has 0 heterocycles. The summed E-state index contributed by atoms with van der Waals surface area (Å²) in [5.41, 5.74) is 0. The first-order valence-corrected chi connectivity index (χ1v) is 10.7. The molecule has 152 valence electrons. The molecule has 0 saturated carbocycles. The molecule has 2 N–H and O–H groups in total. The van der Waals surface area contributed by atoms with E-state index in [4.69, 9.17) is 5.11 Å². The highest BCUT2D eigenvalue weighted by Gasteiger charge is 2.11. The van der Waals surface area contributed by atoms with Crippen LogP contribution in [0.15, 0.2) is 24.3 Å². The van der Waals surface area contributed by atoms with E-state index in [0.29, 0.717) is 18.3 Å². The van der Waals surface area contributed by atoms with E-state index >= 15 is 0 Å². The number of aliphatic hydroxyl groups excluding tert-OH is 1. The lowest BCUT2D eigenvalue weighted by Gasteiger charge is -2.17. The summed E-state index contributed by atoms with van der Waals surface area (Å²) in [6, 6.07) is 0. The summed E-state index contributed by atoms with van der Waals surface area (Å²) >= 11 is 0. The van der Waals surface area contributed by atoms with Crippen molar-refractivity contribution in [3.63, 3.8) is 0 Å². The Morgan fingerprint density at radius 3 is 2.31 bits per heavy atom. The van der Waals surface area contributed by atoms with Crippen molar-refractivity contribution in [3.05, 3.63) is 24.3 Å². The fourth-order valence-electron chi connectivity index (χ4n) is 3.09. The third kappa shape index (κ3) is 17.7. The third-order valence-electron chi connectivity index (χ3n) is 4.84. The van der Waals surface area contributed by atoms with Gasteiger partial charge < -0.3 is 10.2 Å². The summed E-state index contributed by atoms with van der Waals surface area (Å²) < 4.78 is 0. The number of allylic oxidation sites excluding steroid dienone is 3. The molecule has 0 aromatic rings. The number of hydrogen-bond acceptors (Lipinski definition) is 2. The van der Waals surface area contributed by atoms with E-state index in [0.717, 1.165) is 51.4 Å². The smallest absolute Gasteiger partial charge is 0.303 e. The highest BCUT2D eigenvalue weighted by atomic mass is 16.4. The molecule has 0 aliphatic carbocycles. The van der Waals surface area contributed by atoms with Crippen molar-refractivity contribution in [2.45, 2.75) is 104 Å². The van der Waals surface area contributed by atoms with Crippen LogP contribution in [0.5, 0.6) is 0 Å². The van der Waals surface area contributed by atoms with Gasteiger partial charge >= 0.3 is 5.97 Å². The Morgan fingerprint density at radius 1 is 0.923 bits per heavy atom. The average molecular weight is 367 g/mol. The maximum absolute atomic E-state index is 10.8. The van der Waals surface area contributed by atoms with Crippen LogP contribution in [0, 0.1) is 11.8 Å². The maximum Gasteiger partial charge on any atom is 0.303 e. The monoisotopic (exact) mass is 366 g/mol. The van der Waals surface area contributed by atoms with Crippen molar-refractivity contribution in [2.75, 3.05) is 0 Å². The van der Waals surface area contributed by atoms with E-state index in [1.54, 1.807) is 0 Å². The molecule has 2 atom stereocenters. The van der Waals surface area contributed by atoms with Gasteiger partial charge in [-0.1, -0.05) is 90.0 Å². The number of rotatable bonds is 17. The zero-order valence-electron chi connectivity index (χ0n) is 17.3. The summed E-state index contributed by atoms with van der Waals surface area (Å²) in [6.45, 7) is 6.63. The molecule has 0 spiro atoms. The average Bonchev–Trinajstić information content (AvgIpc) is 2.58. The Morgan fingerprint density at radius 2 is 1.65 bits per heavy atom. The number of carboxylic acid groups (broad SMARTS) is 1. The zero-order valence-corrected chi connectivity index (χ0v) is 17.3. The maximum atomic E-state index is 10.8. The molecule has 26 heavy (non-hydrogen) atoms. The minimum absolute atomic E-state index is 0.300. The minimum atomic E-state index is -0.675. The second kappa shape index (κ2) is 17.3. The van der Waals surface area contributed by atoms with Gasteiger partial charge in [0.2, 0.25) is 0 Å². The Kier molecular flexibility index (Phi) is 16.6. The normalized spacial score (nSPS) is 14.5. The van der Waals surface area contributed by atoms with Crippen LogP contribution < -0.4 is 0 Å². The second-order valence-corrected chi connectivity index (χ2v) is 7.93. The summed E-state index contributed by atoms with van der Waals surface area (Å²) in [4.78, 5) is 10.8. The molecule has 0 aliphatic heterocycles. The van der Waals surface area contributed by atoms with Gasteiger partial charge in [0, 0.05) is 6.42 Å². The topological polar surface area (TPSA) is 57.5 Å². The first kappa shape index (κ1) is 24.9. The number of carbonyl (C=O) groups is 1. The van der Waals surface area contributed by atoms with Crippen molar-refractivity contribution < 1.29 is 15.0 Å². The summed E-state index contributed by atoms with van der Waals surface area (Å²) in [6.07, 6.45) is 20.0. The van der Waals surface area contributed by atoms with Crippen LogP contribution in [-0.4, -0.2) is 22.3 Å². The standard InChI is InChI=1S/C23H42O3/c1-4-5-10-14-22(24)15-12-9-7-6-8-11-13-21(17-16-20(2)3)18-19-23(25)26/h7,9,12,15,20-22,24H,4-6,8,10-11,13-14,16-19H2,1-3H3,(H,25,26)/b9-7+,15-12+/t21-,22+/m1/s1. The summed E-state index contributed by atoms with van der Waals surface area (Å²) in [5.74, 6) is 0.566. The Bertz CT molecular complexity index is 385. The largest absolute Gasteiger partial charge is 0.481 e. The lowest BCUT2D eigenvalue weighted by molar-refractivity contribution is -0.137. The molecule has 0 radical (unpaired) electrons. The van der Waals surface area contributed by atoms with Crippen LogP contribution in [0.4, 0.5) is 0 Å². The molecule has 3 nitrogen and oxygen atoms in total. The number of hydrogen-bond donors (Lipinski definition) is 2. The van der Waals surface area contributed by atoms with Gasteiger partial charge in [-0.3, -0.25) is 4.79 Å². The van der Waals surface area contributed by atoms with Gasteiger partial charge in [0.1, 0.15) is 0 Å². The molecule has 0 rings (SSSR count). The molecule has 0 aromatic carbocycles. The van der Waals surface area contributed by atoms with Crippen molar-refractivity contribution in [3.8, 4) is 0 Å². The highest BCUT2D eigenvalue weighted by molar-refractivity contribution is 5.66. The highest BCUT2D eigenvalue weighted by Crippen LogP contribution is 2.23. The molecule has 0 bridgehead atoms. The Hall–Kier alpha value is -1.09. The molecule has 0 saturated heterocycles. The quantitative estimate of drug-likeness (QED) is 0.228. The van der Waals surface area contributed by atoms with Crippen LogP contribution in [0.1, 0.15) is 97.8 Å². The fraction of sp³-hybridized carbons (Fsp3) is 0.783. The molecule has 0 aliphatic rings. The molecular weight excluding hydrogens is 324 g/mol. The van der Waals surface area contributed by atoms with Crippen LogP contribution in [0.2, 0.25) is 0 Å². The molecule has 0 unspecified atom stereocenters. The van der Waals surface area contributed by atoms with Gasteiger partial charge in [-0.25, -0.2) is 0 Å². The van der Waals surface area contributed by atoms with Crippen LogP contribution in [-0.2, 0) is 4.79 Å². The van der Waals surface area contributed by atoms with Gasteiger partial charge in [-0.05, 0) is 37.5 Å². The predicted octanol–water partition coefficient (Wildman–Crippen LogP) is 6.52. The second-order valence-electron chi connectivity index (χ2n) is 7.93. The van der Waals surface area contributed by atoms with Gasteiger partial charge in [-0.2, -0.15) is 0 Å². The fourth-order valence-corrected chi connectivity index (χ4v) is 3.09.